The van der Waals surface area contributed by atoms with E-state index in [1.807, 2.05) is 30.3 Å². The first-order valence-electron chi connectivity index (χ1n) is 10.7. The molecule has 0 bridgehead atoms. The molecule has 0 amide bonds. The SMILES string of the molecule is Nc1nc(N)c2nc(CN3c4ccccc4CCc4cc(C#CCC(=O)O)ccc43)cnc2n1. The number of carboxylic acids is 1. The molecule has 0 aliphatic carbocycles. The van der Waals surface area contributed by atoms with Crippen LogP contribution in [0.3, 0.4) is 0 Å². The number of benzene rings is 2. The van der Waals surface area contributed by atoms with Crippen molar-refractivity contribution in [3.8, 4) is 11.8 Å². The molecule has 34 heavy (non-hydrogen) atoms. The summed E-state index contributed by atoms with van der Waals surface area (Å²) in [6, 6.07) is 14.2. The largest absolute Gasteiger partial charge is 0.481 e. The highest BCUT2D eigenvalue weighted by molar-refractivity contribution is 5.82. The molecule has 1 aliphatic heterocycles. The van der Waals surface area contributed by atoms with E-state index < -0.39 is 5.97 Å². The number of hydrogen-bond donors (Lipinski definition) is 3. The van der Waals surface area contributed by atoms with E-state index in [2.05, 4.69) is 48.8 Å². The molecule has 0 atom stereocenters. The summed E-state index contributed by atoms with van der Waals surface area (Å²) in [7, 11) is 0. The van der Waals surface area contributed by atoms with Crippen LogP contribution in [0.5, 0.6) is 0 Å². The summed E-state index contributed by atoms with van der Waals surface area (Å²) in [6.45, 7) is 0.459. The predicted octanol–water partition coefficient (Wildman–Crippen LogP) is 2.85. The van der Waals surface area contributed by atoms with Crippen LogP contribution in [0.1, 0.15) is 28.8 Å². The number of carboxylic acid groups (broad SMARTS) is 1. The van der Waals surface area contributed by atoms with Crippen LogP contribution >= 0.6 is 0 Å². The number of carbonyl (C=O) groups is 1. The van der Waals surface area contributed by atoms with Crippen molar-refractivity contribution in [3.63, 3.8) is 0 Å². The molecule has 5 N–H and O–H groups in total. The molecule has 9 nitrogen and oxygen atoms in total. The second-order valence-corrected chi connectivity index (χ2v) is 7.93. The van der Waals surface area contributed by atoms with Crippen molar-refractivity contribution < 1.29 is 9.90 Å². The average Bonchev–Trinajstić information content (AvgIpc) is 2.96. The summed E-state index contributed by atoms with van der Waals surface area (Å²) in [5.74, 6) is 4.97. The van der Waals surface area contributed by atoms with Crippen molar-refractivity contribution in [2.45, 2.75) is 25.8 Å². The van der Waals surface area contributed by atoms with E-state index in [0.29, 0.717) is 23.4 Å². The number of nitrogens with two attached hydrogens (primary N) is 2. The fourth-order valence-corrected chi connectivity index (χ4v) is 4.12. The Hall–Kier alpha value is -4.71. The molecule has 0 spiro atoms. The number of aliphatic carboxylic acids is 1. The van der Waals surface area contributed by atoms with Crippen molar-refractivity contribution in [2.24, 2.45) is 0 Å². The van der Waals surface area contributed by atoms with Gasteiger partial charge < -0.3 is 21.5 Å². The maximum absolute atomic E-state index is 10.8. The molecule has 1 aliphatic rings. The van der Waals surface area contributed by atoms with Gasteiger partial charge in [-0.3, -0.25) is 4.79 Å². The summed E-state index contributed by atoms with van der Waals surface area (Å²) < 4.78 is 0. The van der Waals surface area contributed by atoms with Crippen molar-refractivity contribution in [1.82, 2.24) is 19.9 Å². The van der Waals surface area contributed by atoms with Crippen molar-refractivity contribution in [1.29, 1.82) is 0 Å². The van der Waals surface area contributed by atoms with E-state index in [1.165, 1.54) is 5.56 Å². The zero-order valence-corrected chi connectivity index (χ0v) is 18.2. The van der Waals surface area contributed by atoms with E-state index in [1.54, 1.807) is 6.20 Å². The number of fused-ring (bicyclic) bond motifs is 3. The van der Waals surface area contributed by atoms with Gasteiger partial charge >= 0.3 is 5.97 Å². The van der Waals surface area contributed by atoms with Crippen LogP contribution in [0.25, 0.3) is 11.2 Å². The Labute approximate surface area is 195 Å². The molecule has 2 aromatic heterocycles. The molecule has 2 aromatic carbocycles. The van der Waals surface area contributed by atoms with Crippen LogP contribution in [0, 0.1) is 11.8 Å². The lowest BCUT2D eigenvalue weighted by atomic mass is 10.0. The zero-order valence-electron chi connectivity index (χ0n) is 18.2. The highest BCUT2D eigenvalue weighted by Crippen LogP contribution is 2.37. The Bertz CT molecular complexity index is 1490. The lowest BCUT2D eigenvalue weighted by Gasteiger charge is -2.26. The first-order valence-corrected chi connectivity index (χ1v) is 10.7. The molecular weight excluding hydrogens is 430 g/mol. The second kappa shape index (κ2) is 8.67. The van der Waals surface area contributed by atoms with Gasteiger partial charge in [0.15, 0.2) is 17.0 Å². The molecule has 3 heterocycles. The highest BCUT2D eigenvalue weighted by Gasteiger charge is 2.22. The Kier molecular flexibility index (Phi) is 5.40. The van der Waals surface area contributed by atoms with E-state index in [0.717, 1.165) is 35.3 Å². The predicted molar refractivity (Wildman–Crippen MR) is 129 cm³/mol. The van der Waals surface area contributed by atoms with Crippen molar-refractivity contribution >= 4 is 40.3 Å². The van der Waals surface area contributed by atoms with Gasteiger partial charge in [0, 0.05) is 16.9 Å². The van der Waals surface area contributed by atoms with Crippen molar-refractivity contribution in [2.75, 3.05) is 16.4 Å². The Morgan fingerprint density at radius 1 is 1.03 bits per heavy atom. The fourth-order valence-electron chi connectivity index (χ4n) is 4.12. The number of nitrogen functional groups attached to an aromatic ring is 2. The van der Waals surface area contributed by atoms with E-state index in [4.69, 9.17) is 16.6 Å². The third-order valence-electron chi connectivity index (χ3n) is 5.61. The number of nitrogens with zero attached hydrogens (tertiary/aromatic N) is 5. The molecule has 5 rings (SSSR count). The van der Waals surface area contributed by atoms with Crippen molar-refractivity contribution in [3.05, 3.63) is 71.0 Å². The van der Waals surface area contributed by atoms with Crippen LogP contribution in [0.2, 0.25) is 0 Å². The average molecular weight is 451 g/mol. The fraction of sp³-hybridized carbons (Fsp3) is 0.160. The quantitative estimate of drug-likeness (QED) is 0.400. The number of hydrogen-bond acceptors (Lipinski definition) is 8. The van der Waals surface area contributed by atoms with Gasteiger partial charge in [-0.15, -0.1) is 0 Å². The van der Waals surface area contributed by atoms with Gasteiger partial charge in [-0.25, -0.2) is 9.97 Å². The summed E-state index contributed by atoms with van der Waals surface area (Å²) >= 11 is 0. The Balaban J connectivity index is 1.56. The molecule has 0 radical (unpaired) electrons. The molecule has 0 fully saturated rings. The zero-order chi connectivity index (χ0) is 23.7. The molecule has 4 aromatic rings. The maximum Gasteiger partial charge on any atom is 0.315 e. The standard InChI is InChI=1S/C25H21N7O2/c26-23-22-24(31-25(27)30-23)28-13-18(29-22)14-32-19-6-2-1-5-16(19)9-10-17-12-15(8-11-20(17)32)4-3-7-21(33)34/h1-2,5-6,8,11-13H,7,9-10,14H2,(H,33,34)(H4,26,27,28,30,31). The number of anilines is 4. The molecule has 168 valence electrons. The lowest BCUT2D eigenvalue weighted by molar-refractivity contribution is -0.135. The normalized spacial score (nSPS) is 12.3. The van der Waals surface area contributed by atoms with Gasteiger partial charge in [0.05, 0.1) is 18.4 Å². The maximum atomic E-state index is 10.8. The number of aromatic nitrogens is 4. The van der Waals surface area contributed by atoms with Gasteiger partial charge in [0.1, 0.15) is 6.42 Å². The van der Waals surface area contributed by atoms with Gasteiger partial charge in [-0.05, 0) is 48.2 Å². The summed E-state index contributed by atoms with van der Waals surface area (Å²) in [5.41, 5.74) is 18.4. The molecule has 9 heteroatoms. The van der Waals surface area contributed by atoms with Crippen LogP contribution in [-0.2, 0) is 24.2 Å². The van der Waals surface area contributed by atoms with Gasteiger partial charge in [-0.1, -0.05) is 30.0 Å². The highest BCUT2D eigenvalue weighted by atomic mass is 16.4. The van der Waals surface area contributed by atoms with Crippen LogP contribution in [0.15, 0.2) is 48.7 Å². The second-order valence-electron chi connectivity index (χ2n) is 7.93. The van der Waals surface area contributed by atoms with Crippen LogP contribution in [0.4, 0.5) is 23.1 Å². The molecule has 0 saturated carbocycles. The lowest BCUT2D eigenvalue weighted by Crippen LogP contribution is -2.19. The minimum Gasteiger partial charge on any atom is -0.481 e. The van der Waals surface area contributed by atoms with E-state index in [-0.39, 0.29) is 18.2 Å². The Morgan fingerprint density at radius 2 is 1.82 bits per heavy atom. The van der Waals surface area contributed by atoms with E-state index in [9.17, 15) is 4.79 Å². The number of para-hydroxylation sites is 1. The smallest absolute Gasteiger partial charge is 0.315 e. The topological polar surface area (TPSA) is 144 Å². The van der Waals surface area contributed by atoms with Gasteiger partial charge in [-0.2, -0.15) is 9.97 Å². The van der Waals surface area contributed by atoms with Crippen LogP contribution < -0.4 is 16.4 Å². The number of rotatable bonds is 3. The monoisotopic (exact) mass is 451 g/mol. The Morgan fingerprint density at radius 3 is 2.68 bits per heavy atom. The first kappa shape index (κ1) is 21.2. The minimum absolute atomic E-state index is 0.0599. The summed E-state index contributed by atoms with van der Waals surface area (Å²) in [4.78, 5) is 30.2. The third kappa shape index (κ3) is 4.17. The van der Waals surface area contributed by atoms with E-state index >= 15 is 0 Å². The molecule has 0 unspecified atom stereocenters. The molecular formula is C25H21N7O2. The van der Waals surface area contributed by atoms with Crippen LogP contribution in [-0.4, -0.2) is 31.0 Å². The summed E-state index contributed by atoms with van der Waals surface area (Å²) in [5, 5.41) is 8.85. The summed E-state index contributed by atoms with van der Waals surface area (Å²) in [6.07, 6.45) is 3.19. The molecule has 0 saturated heterocycles. The first-order chi connectivity index (χ1) is 16.5. The third-order valence-corrected chi connectivity index (χ3v) is 5.61. The number of aryl methyl sites for hydroxylation is 2. The van der Waals surface area contributed by atoms with Gasteiger partial charge in [0.2, 0.25) is 5.95 Å². The van der Waals surface area contributed by atoms with Gasteiger partial charge in [0.25, 0.3) is 0 Å². The minimum atomic E-state index is -0.936.